The summed E-state index contributed by atoms with van der Waals surface area (Å²) in [6, 6.07) is -0.0978. The Morgan fingerprint density at radius 1 is 1.27 bits per heavy atom. The molecule has 0 bridgehead atoms. The van der Waals surface area contributed by atoms with Crippen molar-refractivity contribution in [1.29, 1.82) is 0 Å². The van der Waals surface area contributed by atoms with Gasteiger partial charge in [-0.2, -0.15) is 5.10 Å². The van der Waals surface area contributed by atoms with Crippen molar-refractivity contribution in [3.05, 3.63) is 46.3 Å². The normalized spacial score (nSPS) is 12.7. The van der Waals surface area contributed by atoms with Gasteiger partial charge in [-0.15, -0.1) is 11.3 Å². The molecule has 7 nitrogen and oxygen atoms in total. The quantitative estimate of drug-likeness (QED) is 0.638. The van der Waals surface area contributed by atoms with Gasteiger partial charge < -0.3 is 4.90 Å². The summed E-state index contributed by atoms with van der Waals surface area (Å²) in [4.78, 5) is 25.7. The molecule has 0 fully saturated rings. The second kappa shape index (κ2) is 7.92. The Bertz CT molecular complexity index is 871. The van der Waals surface area contributed by atoms with Gasteiger partial charge in [0.2, 0.25) is 0 Å². The standard InChI is InChI=1S/C18H24N6OS/c1-5-23(6-2)11-14-9-20-16-15(10-21-24(16)12-14)18(25)22(4)13(3)17-19-7-8-26-17/h7-10,12-13H,5-6,11H2,1-4H3/t13-/m1/s1. The molecule has 3 aromatic rings. The van der Waals surface area contributed by atoms with Crippen molar-refractivity contribution in [2.75, 3.05) is 20.1 Å². The zero-order valence-electron chi connectivity index (χ0n) is 15.6. The van der Waals surface area contributed by atoms with Crippen molar-refractivity contribution >= 4 is 22.9 Å². The van der Waals surface area contributed by atoms with Gasteiger partial charge in [-0.1, -0.05) is 13.8 Å². The molecule has 3 aromatic heterocycles. The average Bonchev–Trinajstić information content (AvgIpc) is 3.33. The number of carbonyl (C=O) groups excluding carboxylic acids is 1. The summed E-state index contributed by atoms with van der Waals surface area (Å²) in [6.45, 7) is 9.03. The van der Waals surface area contributed by atoms with E-state index in [2.05, 4.69) is 33.8 Å². The van der Waals surface area contributed by atoms with Crippen LogP contribution in [0.15, 0.2) is 30.2 Å². The lowest BCUT2D eigenvalue weighted by Gasteiger charge is -2.22. The molecule has 3 heterocycles. The van der Waals surface area contributed by atoms with Crippen LogP contribution in [0, 0.1) is 0 Å². The Morgan fingerprint density at radius 2 is 2.04 bits per heavy atom. The zero-order chi connectivity index (χ0) is 18.7. The minimum atomic E-state index is -0.105. The maximum Gasteiger partial charge on any atom is 0.259 e. The molecular weight excluding hydrogens is 348 g/mol. The van der Waals surface area contributed by atoms with Crippen LogP contribution in [-0.4, -0.2) is 55.4 Å². The first-order valence-corrected chi connectivity index (χ1v) is 9.64. The molecule has 0 saturated heterocycles. The van der Waals surface area contributed by atoms with E-state index in [0.29, 0.717) is 11.2 Å². The van der Waals surface area contributed by atoms with Crippen LogP contribution >= 0.6 is 11.3 Å². The van der Waals surface area contributed by atoms with E-state index in [1.807, 2.05) is 24.7 Å². The molecule has 8 heteroatoms. The molecule has 0 aromatic carbocycles. The van der Waals surface area contributed by atoms with E-state index in [1.165, 1.54) is 0 Å². The number of carbonyl (C=O) groups is 1. The molecule has 0 aliphatic carbocycles. The third-order valence-electron chi connectivity index (χ3n) is 4.65. The minimum absolute atomic E-state index is 0.0978. The monoisotopic (exact) mass is 372 g/mol. The first-order chi connectivity index (χ1) is 12.5. The smallest absolute Gasteiger partial charge is 0.259 e. The van der Waals surface area contributed by atoms with Crippen LogP contribution in [0.4, 0.5) is 0 Å². The van der Waals surface area contributed by atoms with Crippen molar-refractivity contribution in [2.24, 2.45) is 0 Å². The van der Waals surface area contributed by atoms with Gasteiger partial charge in [-0.05, 0) is 20.0 Å². The Labute approximate surface area is 157 Å². The van der Waals surface area contributed by atoms with Gasteiger partial charge in [0, 0.05) is 43.1 Å². The van der Waals surface area contributed by atoms with E-state index in [-0.39, 0.29) is 11.9 Å². The molecule has 1 atom stereocenters. The van der Waals surface area contributed by atoms with Gasteiger partial charge in [-0.25, -0.2) is 14.5 Å². The number of fused-ring (bicyclic) bond motifs is 1. The third kappa shape index (κ3) is 3.61. The molecule has 0 N–H and O–H groups in total. The maximum atomic E-state index is 12.9. The van der Waals surface area contributed by atoms with E-state index in [9.17, 15) is 4.79 Å². The van der Waals surface area contributed by atoms with Crippen molar-refractivity contribution in [3.63, 3.8) is 0 Å². The summed E-state index contributed by atoms with van der Waals surface area (Å²) >= 11 is 1.54. The van der Waals surface area contributed by atoms with E-state index >= 15 is 0 Å². The number of rotatable bonds is 7. The summed E-state index contributed by atoms with van der Waals surface area (Å²) < 4.78 is 1.69. The Hall–Kier alpha value is -2.32. The zero-order valence-corrected chi connectivity index (χ0v) is 16.4. The number of hydrogen-bond acceptors (Lipinski definition) is 6. The molecule has 138 valence electrons. The summed E-state index contributed by atoms with van der Waals surface area (Å²) in [5, 5.41) is 7.16. The van der Waals surface area contributed by atoms with Crippen molar-refractivity contribution in [1.82, 2.24) is 29.4 Å². The van der Waals surface area contributed by atoms with E-state index in [0.717, 1.165) is 30.2 Å². The highest BCUT2D eigenvalue weighted by molar-refractivity contribution is 7.09. The Morgan fingerprint density at radius 3 is 2.69 bits per heavy atom. The average molecular weight is 372 g/mol. The summed E-state index contributed by atoms with van der Waals surface area (Å²) in [7, 11) is 1.78. The molecule has 3 rings (SSSR count). The van der Waals surface area contributed by atoms with E-state index in [1.54, 1.807) is 40.2 Å². The largest absolute Gasteiger partial charge is 0.332 e. The highest BCUT2D eigenvalue weighted by Gasteiger charge is 2.24. The second-order valence-electron chi connectivity index (χ2n) is 6.21. The van der Waals surface area contributed by atoms with Gasteiger partial charge in [-0.3, -0.25) is 9.69 Å². The molecule has 0 spiro atoms. The van der Waals surface area contributed by atoms with E-state index in [4.69, 9.17) is 0 Å². The fourth-order valence-electron chi connectivity index (χ4n) is 2.82. The van der Waals surface area contributed by atoms with Crippen LogP contribution in [0.25, 0.3) is 5.65 Å². The number of hydrogen-bond donors (Lipinski definition) is 0. The van der Waals surface area contributed by atoms with Crippen LogP contribution in [0.1, 0.15) is 47.7 Å². The topological polar surface area (TPSA) is 66.6 Å². The van der Waals surface area contributed by atoms with Gasteiger partial charge >= 0.3 is 0 Å². The van der Waals surface area contributed by atoms with Gasteiger partial charge in [0.15, 0.2) is 5.65 Å². The molecule has 26 heavy (non-hydrogen) atoms. The lowest BCUT2D eigenvalue weighted by Crippen LogP contribution is -2.29. The molecule has 0 aliphatic rings. The minimum Gasteiger partial charge on any atom is -0.332 e. The molecule has 0 saturated carbocycles. The van der Waals surface area contributed by atoms with Crippen LogP contribution in [-0.2, 0) is 6.54 Å². The van der Waals surface area contributed by atoms with Crippen LogP contribution in [0.3, 0.4) is 0 Å². The first-order valence-electron chi connectivity index (χ1n) is 8.76. The van der Waals surface area contributed by atoms with Gasteiger partial charge in [0.05, 0.1) is 12.2 Å². The highest BCUT2D eigenvalue weighted by Crippen LogP contribution is 2.23. The molecule has 0 unspecified atom stereocenters. The summed E-state index contributed by atoms with van der Waals surface area (Å²) in [6.07, 6.45) is 7.12. The first kappa shape index (κ1) is 18.5. The lowest BCUT2D eigenvalue weighted by atomic mass is 10.2. The van der Waals surface area contributed by atoms with Crippen LogP contribution < -0.4 is 0 Å². The van der Waals surface area contributed by atoms with Crippen molar-refractivity contribution < 1.29 is 4.79 Å². The van der Waals surface area contributed by atoms with Gasteiger partial charge in [0.1, 0.15) is 10.6 Å². The Kier molecular flexibility index (Phi) is 5.63. The van der Waals surface area contributed by atoms with E-state index < -0.39 is 0 Å². The van der Waals surface area contributed by atoms with Crippen molar-refractivity contribution in [3.8, 4) is 0 Å². The summed E-state index contributed by atoms with van der Waals surface area (Å²) in [5.41, 5.74) is 2.16. The molecule has 0 aliphatic heterocycles. The molecular formula is C18H24N6OS. The summed E-state index contributed by atoms with van der Waals surface area (Å²) in [5.74, 6) is -0.105. The third-order valence-corrected chi connectivity index (χ3v) is 5.60. The highest BCUT2D eigenvalue weighted by atomic mass is 32.1. The van der Waals surface area contributed by atoms with Crippen LogP contribution in [0.5, 0.6) is 0 Å². The maximum absolute atomic E-state index is 12.9. The molecule has 0 radical (unpaired) electrons. The molecule has 1 amide bonds. The number of amides is 1. The van der Waals surface area contributed by atoms with Gasteiger partial charge in [0.25, 0.3) is 5.91 Å². The van der Waals surface area contributed by atoms with Crippen molar-refractivity contribution in [2.45, 2.75) is 33.4 Å². The predicted molar refractivity (Wildman–Crippen MR) is 102 cm³/mol. The van der Waals surface area contributed by atoms with Crippen LogP contribution in [0.2, 0.25) is 0 Å². The number of thiazole rings is 1. The number of aromatic nitrogens is 4. The number of nitrogens with zero attached hydrogens (tertiary/aromatic N) is 6. The lowest BCUT2D eigenvalue weighted by molar-refractivity contribution is 0.0744. The second-order valence-corrected chi connectivity index (χ2v) is 7.14. The Balaban J connectivity index is 1.83. The fourth-order valence-corrected chi connectivity index (χ4v) is 3.56. The predicted octanol–water partition coefficient (Wildman–Crippen LogP) is 2.86. The SMILES string of the molecule is CCN(CC)Cc1cnc2c(C(=O)N(C)[C@H](C)c3nccs3)cnn2c1. The fraction of sp³-hybridized carbons (Fsp3) is 0.444.